The van der Waals surface area contributed by atoms with Crippen molar-refractivity contribution >= 4 is 35.7 Å². The number of carbonyl (C=O) groups excluding carboxylic acids is 2. The summed E-state index contributed by atoms with van der Waals surface area (Å²) in [4.78, 5) is 28.7. The average molecular weight is 418 g/mol. The van der Waals surface area contributed by atoms with Crippen molar-refractivity contribution in [3.05, 3.63) is 47.3 Å². The van der Waals surface area contributed by atoms with Crippen molar-refractivity contribution in [2.75, 3.05) is 0 Å². The average Bonchev–Trinajstić information content (AvgIpc) is 3.32. The van der Waals surface area contributed by atoms with E-state index in [0.717, 1.165) is 16.8 Å². The number of aromatic nitrogens is 3. The maximum Gasteiger partial charge on any atom is 0.238 e. The van der Waals surface area contributed by atoms with E-state index >= 15 is 0 Å². The first-order valence-corrected chi connectivity index (χ1v) is 9.87. The van der Waals surface area contributed by atoms with Crippen molar-refractivity contribution in [2.24, 2.45) is 5.73 Å². The maximum absolute atomic E-state index is 12.8. The van der Waals surface area contributed by atoms with Crippen LogP contribution in [-0.2, 0) is 17.6 Å². The molecule has 1 aliphatic carbocycles. The van der Waals surface area contributed by atoms with Crippen LogP contribution >= 0.6 is 12.3 Å². The van der Waals surface area contributed by atoms with E-state index in [2.05, 4.69) is 21.8 Å². The van der Waals surface area contributed by atoms with E-state index in [-0.39, 0.29) is 29.7 Å². The van der Waals surface area contributed by atoms with Crippen LogP contribution in [0.25, 0.3) is 11.2 Å². The molecule has 154 valence electrons. The van der Waals surface area contributed by atoms with Crippen molar-refractivity contribution < 1.29 is 18.2 Å². The lowest BCUT2D eigenvalue weighted by atomic mass is 10.1. The highest BCUT2D eigenvalue weighted by atomic mass is 32.2. The highest BCUT2D eigenvalue weighted by Gasteiger charge is 2.15. The second kappa shape index (κ2) is 10.6. The van der Waals surface area contributed by atoms with E-state index in [1.165, 1.54) is 36.9 Å². The molecule has 0 unspecified atom stereocenters. The third-order valence-electron chi connectivity index (χ3n) is 3.96. The van der Waals surface area contributed by atoms with Gasteiger partial charge in [-0.3, -0.25) is 9.59 Å². The summed E-state index contributed by atoms with van der Waals surface area (Å²) >= 11 is -0.0277. The molecule has 0 atom stereocenters. The molecule has 0 aliphatic heterocycles. The molecule has 29 heavy (non-hydrogen) atoms. The minimum absolute atomic E-state index is 0.0277. The quantitative estimate of drug-likeness (QED) is 0.630. The van der Waals surface area contributed by atoms with Crippen molar-refractivity contribution in [1.29, 1.82) is 0 Å². The number of primary amides is 1. The van der Waals surface area contributed by atoms with E-state index < -0.39 is 0 Å². The van der Waals surface area contributed by atoms with Crippen molar-refractivity contribution in [3.8, 4) is 11.6 Å². The Hall–Kier alpha value is -2.94. The number of benzene rings is 1. The molecule has 0 fully saturated rings. The summed E-state index contributed by atoms with van der Waals surface area (Å²) in [6.45, 7) is 5.31. The van der Waals surface area contributed by atoms with Crippen LogP contribution in [0, 0.1) is 0 Å². The zero-order valence-corrected chi connectivity index (χ0v) is 17.3. The number of rotatable bonds is 4. The first kappa shape index (κ1) is 22.4. The number of halogens is 1. The molecule has 0 saturated heterocycles. The Kier molecular flexibility index (Phi) is 8.14. The lowest BCUT2D eigenvalue weighted by Gasteiger charge is -2.07. The number of aldehydes is 1. The van der Waals surface area contributed by atoms with Crippen LogP contribution in [0.4, 0.5) is 3.89 Å². The van der Waals surface area contributed by atoms with Crippen LogP contribution in [-0.4, -0.2) is 26.1 Å². The Balaban J connectivity index is 0.000000449. The molecule has 2 aromatic heterocycles. The third-order valence-corrected chi connectivity index (χ3v) is 4.39. The number of amides is 1. The Morgan fingerprint density at radius 3 is 2.66 bits per heavy atom. The van der Waals surface area contributed by atoms with Gasteiger partial charge in [0, 0.05) is 13.1 Å². The number of hydrogen-bond acceptors (Lipinski definition) is 6. The molecular weight excluding hydrogens is 395 g/mol. The number of nitrogens with zero attached hydrogens (tertiary/aromatic N) is 3. The Labute approximate surface area is 172 Å². The minimum Gasteiger partial charge on any atom is -0.437 e. The van der Waals surface area contributed by atoms with Gasteiger partial charge < -0.3 is 10.5 Å². The molecule has 4 rings (SSSR count). The predicted molar refractivity (Wildman–Crippen MR) is 112 cm³/mol. The third kappa shape index (κ3) is 5.54. The molecular formula is C20H23FN4O3S. The largest absolute Gasteiger partial charge is 0.437 e. The van der Waals surface area contributed by atoms with Gasteiger partial charge in [0.05, 0.1) is 11.8 Å². The lowest BCUT2D eigenvalue weighted by Crippen LogP contribution is -2.01. The lowest BCUT2D eigenvalue weighted by molar-refractivity contribution is -0.115. The molecule has 3 aromatic rings. The molecule has 2 heterocycles. The zero-order chi connectivity index (χ0) is 21.4. The molecule has 1 aromatic carbocycles. The number of ether oxygens (including phenoxy) is 1. The van der Waals surface area contributed by atoms with Gasteiger partial charge in [0.15, 0.2) is 24.3 Å². The van der Waals surface area contributed by atoms with Crippen LogP contribution in [0.5, 0.6) is 11.6 Å². The van der Waals surface area contributed by atoms with Gasteiger partial charge in [0.1, 0.15) is 11.3 Å². The van der Waals surface area contributed by atoms with E-state index in [0.29, 0.717) is 23.2 Å². The summed E-state index contributed by atoms with van der Waals surface area (Å²) in [5.74, 6) is 0.631. The van der Waals surface area contributed by atoms with Crippen molar-refractivity contribution in [2.45, 2.75) is 40.0 Å². The molecule has 1 amide bonds. The maximum atomic E-state index is 12.8. The van der Waals surface area contributed by atoms with Gasteiger partial charge in [0.2, 0.25) is 11.8 Å². The van der Waals surface area contributed by atoms with Gasteiger partial charge in [-0.1, -0.05) is 19.9 Å². The first-order valence-electron chi connectivity index (χ1n) is 9.20. The summed E-state index contributed by atoms with van der Waals surface area (Å²) < 4.78 is 19.8. The second-order valence-electron chi connectivity index (χ2n) is 5.97. The molecule has 2 N–H and O–H groups in total. The fourth-order valence-electron chi connectivity index (χ4n) is 2.89. The number of aryl methyl sites for hydroxylation is 2. The number of carbonyl (C=O) groups is 2. The normalized spacial score (nSPS) is 11.6. The fourth-order valence-corrected chi connectivity index (χ4v) is 3.24. The van der Waals surface area contributed by atoms with Gasteiger partial charge in [-0.05, 0) is 42.5 Å². The fraction of sp³-hybridized carbons (Fsp3) is 0.300. The standard InChI is InChI=1S/C16H12FN3O2S.C2H5NO.C2H6/c17-23-20-8-12(9-21)15-16(20)18-7-14(19-15)22-13-5-4-10-2-1-3-11(10)6-13;1-2(3)4;1-2/h4-9H,1-3H2;1H3,(H2,3,4);1-2H3. The second-order valence-corrected chi connectivity index (χ2v) is 6.51. The zero-order valence-electron chi connectivity index (χ0n) is 16.5. The van der Waals surface area contributed by atoms with Crippen LogP contribution in [0.1, 0.15) is 48.7 Å². The summed E-state index contributed by atoms with van der Waals surface area (Å²) in [6, 6.07) is 5.98. The van der Waals surface area contributed by atoms with E-state index in [1.807, 2.05) is 26.0 Å². The molecule has 0 saturated carbocycles. The number of fused-ring (bicyclic) bond motifs is 2. The molecule has 0 bridgehead atoms. The van der Waals surface area contributed by atoms with Crippen molar-refractivity contribution in [1.82, 2.24) is 13.9 Å². The van der Waals surface area contributed by atoms with Crippen molar-refractivity contribution in [3.63, 3.8) is 0 Å². The van der Waals surface area contributed by atoms with Crippen LogP contribution in [0.15, 0.2) is 30.6 Å². The molecule has 0 spiro atoms. The number of nitrogens with two attached hydrogens (primary N) is 1. The summed E-state index contributed by atoms with van der Waals surface area (Å²) in [6.07, 6.45) is 6.75. The van der Waals surface area contributed by atoms with E-state index in [1.54, 1.807) is 0 Å². The van der Waals surface area contributed by atoms with Gasteiger partial charge in [0.25, 0.3) is 0 Å². The monoisotopic (exact) mass is 418 g/mol. The molecule has 1 aliphatic rings. The van der Waals surface area contributed by atoms with Gasteiger partial charge in [-0.2, -0.15) is 0 Å². The van der Waals surface area contributed by atoms with E-state index in [4.69, 9.17) is 4.74 Å². The molecule has 9 heteroatoms. The first-order chi connectivity index (χ1) is 14.0. The predicted octanol–water partition coefficient (Wildman–Crippen LogP) is 4.42. The van der Waals surface area contributed by atoms with E-state index in [9.17, 15) is 13.5 Å². The highest BCUT2D eigenvalue weighted by molar-refractivity contribution is 7.92. The topological polar surface area (TPSA) is 100 Å². The van der Waals surface area contributed by atoms with Crippen LogP contribution < -0.4 is 10.5 Å². The molecule has 7 nitrogen and oxygen atoms in total. The highest BCUT2D eigenvalue weighted by Crippen LogP contribution is 2.29. The molecule has 0 radical (unpaired) electrons. The summed E-state index contributed by atoms with van der Waals surface area (Å²) in [5.41, 5.74) is 8.02. The van der Waals surface area contributed by atoms with Gasteiger partial charge >= 0.3 is 0 Å². The SMILES string of the molecule is CC.CC(N)=O.O=Cc1cn(SF)c2ncc(Oc3ccc4c(c3)CCC4)nc12. The smallest absolute Gasteiger partial charge is 0.238 e. The Morgan fingerprint density at radius 2 is 2.00 bits per heavy atom. The van der Waals surface area contributed by atoms with Crippen LogP contribution in [0.2, 0.25) is 0 Å². The summed E-state index contributed by atoms with van der Waals surface area (Å²) in [5, 5.41) is 0. The Morgan fingerprint density at radius 1 is 1.31 bits per heavy atom. The van der Waals surface area contributed by atoms with Gasteiger partial charge in [-0.25, -0.2) is 13.9 Å². The Bertz CT molecular complexity index is 1000. The minimum atomic E-state index is -0.333. The van der Waals surface area contributed by atoms with Gasteiger partial charge in [-0.15, -0.1) is 3.89 Å². The number of hydrogen-bond donors (Lipinski definition) is 1. The summed E-state index contributed by atoms with van der Waals surface area (Å²) in [7, 11) is 0. The van der Waals surface area contributed by atoms with Crippen LogP contribution in [0.3, 0.4) is 0 Å².